The number of nitrogens with zero attached hydrogens (tertiary/aromatic N) is 1. The molecule has 0 aliphatic carbocycles. The molecule has 2 heteroatoms. The minimum atomic E-state index is 0.555. The zero-order valence-electron chi connectivity index (χ0n) is 12.1. The Morgan fingerprint density at radius 3 is 2.30 bits per heavy atom. The molecule has 0 aliphatic rings. The SMILES string of the molecule is Cc1ccc(-c2ccco2)n1-c1ccc(C(C)C)cc1. The predicted octanol–water partition coefficient (Wildman–Crippen LogP) is 5.17. The van der Waals surface area contributed by atoms with Gasteiger partial charge in [-0.3, -0.25) is 0 Å². The number of hydrogen-bond acceptors (Lipinski definition) is 1. The Bertz CT molecular complexity index is 688. The van der Waals surface area contributed by atoms with Crippen molar-refractivity contribution in [1.82, 2.24) is 4.57 Å². The molecule has 0 aliphatic heterocycles. The van der Waals surface area contributed by atoms with Crippen molar-refractivity contribution in [2.75, 3.05) is 0 Å². The average Bonchev–Trinajstić information content (AvgIpc) is 3.07. The van der Waals surface area contributed by atoms with Gasteiger partial charge in [0.1, 0.15) is 0 Å². The fourth-order valence-electron chi connectivity index (χ4n) is 2.51. The summed E-state index contributed by atoms with van der Waals surface area (Å²) in [6.45, 7) is 6.54. The summed E-state index contributed by atoms with van der Waals surface area (Å²) >= 11 is 0. The summed E-state index contributed by atoms with van der Waals surface area (Å²) in [4.78, 5) is 0. The number of furan rings is 1. The van der Waals surface area contributed by atoms with Gasteiger partial charge in [-0.1, -0.05) is 26.0 Å². The largest absolute Gasteiger partial charge is 0.463 e. The maximum atomic E-state index is 5.54. The van der Waals surface area contributed by atoms with Gasteiger partial charge >= 0.3 is 0 Å². The molecule has 0 unspecified atom stereocenters. The molecule has 0 amide bonds. The molecule has 0 atom stereocenters. The van der Waals surface area contributed by atoms with Crippen LogP contribution in [0.2, 0.25) is 0 Å². The van der Waals surface area contributed by atoms with E-state index in [1.807, 2.05) is 12.1 Å². The summed E-state index contributed by atoms with van der Waals surface area (Å²) in [5, 5.41) is 0. The van der Waals surface area contributed by atoms with Crippen molar-refractivity contribution in [2.45, 2.75) is 26.7 Å². The van der Waals surface area contributed by atoms with Crippen LogP contribution in [-0.2, 0) is 0 Å². The summed E-state index contributed by atoms with van der Waals surface area (Å²) in [6, 6.07) is 16.9. The van der Waals surface area contributed by atoms with Gasteiger partial charge in [-0.15, -0.1) is 0 Å². The molecule has 0 fully saturated rings. The van der Waals surface area contributed by atoms with E-state index >= 15 is 0 Å². The van der Waals surface area contributed by atoms with E-state index in [9.17, 15) is 0 Å². The molecule has 0 bridgehead atoms. The molecule has 2 heterocycles. The molecule has 0 saturated carbocycles. The van der Waals surface area contributed by atoms with Gasteiger partial charge in [-0.2, -0.15) is 0 Å². The zero-order valence-corrected chi connectivity index (χ0v) is 12.1. The summed E-state index contributed by atoms with van der Waals surface area (Å²) in [6.07, 6.45) is 1.71. The van der Waals surface area contributed by atoms with Crippen LogP contribution in [0.3, 0.4) is 0 Å². The van der Waals surface area contributed by atoms with Gasteiger partial charge in [-0.05, 0) is 54.8 Å². The van der Waals surface area contributed by atoms with Crippen LogP contribution < -0.4 is 0 Å². The molecule has 0 spiro atoms. The first-order chi connectivity index (χ1) is 9.66. The Morgan fingerprint density at radius 1 is 0.950 bits per heavy atom. The lowest BCUT2D eigenvalue weighted by molar-refractivity contribution is 0.578. The monoisotopic (exact) mass is 265 g/mol. The number of aryl methyl sites for hydroxylation is 1. The van der Waals surface area contributed by atoms with Crippen LogP contribution in [0, 0.1) is 6.92 Å². The van der Waals surface area contributed by atoms with E-state index in [1.165, 1.54) is 16.9 Å². The van der Waals surface area contributed by atoms with Crippen LogP contribution in [0.1, 0.15) is 31.0 Å². The molecule has 3 rings (SSSR count). The van der Waals surface area contributed by atoms with Crippen molar-refractivity contribution in [1.29, 1.82) is 0 Å². The Morgan fingerprint density at radius 2 is 1.70 bits per heavy atom. The van der Waals surface area contributed by atoms with E-state index in [1.54, 1.807) is 6.26 Å². The fraction of sp³-hybridized carbons (Fsp3) is 0.222. The number of aromatic nitrogens is 1. The molecule has 2 aromatic heterocycles. The van der Waals surface area contributed by atoms with Gasteiger partial charge in [0, 0.05) is 11.4 Å². The topological polar surface area (TPSA) is 18.1 Å². The lowest BCUT2D eigenvalue weighted by Crippen LogP contribution is -1.99. The Balaban J connectivity index is 2.08. The van der Waals surface area contributed by atoms with Crippen molar-refractivity contribution >= 4 is 0 Å². The van der Waals surface area contributed by atoms with Crippen LogP contribution in [-0.4, -0.2) is 4.57 Å². The van der Waals surface area contributed by atoms with Gasteiger partial charge in [0.15, 0.2) is 5.76 Å². The minimum absolute atomic E-state index is 0.555. The van der Waals surface area contributed by atoms with Crippen molar-refractivity contribution in [3.05, 3.63) is 66.1 Å². The van der Waals surface area contributed by atoms with Gasteiger partial charge < -0.3 is 8.98 Å². The van der Waals surface area contributed by atoms with Crippen LogP contribution in [0.25, 0.3) is 17.1 Å². The highest BCUT2D eigenvalue weighted by atomic mass is 16.3. The van der Waals surface area contributed by atoms with Gasteiger partial charge in [0.25, 0.3) is 0 Å². The lowest BCUT2D eigenvalue weighted by atomic mass is 10.0. The Hall–Kier alpha value is -2.22. The second kappa shape index (κ2) is 5.04. The third-order valence-corrected chi connectivity index (χ3v) is 3.67. The quantitative estimate of drug-likeness (QED) is 0.639. The van der Waals surface area contributed by atoms with E-state index in [0.717, 1.165) is 11.5 Å². The number of rotatable bonds is 3. The average molecular weight is 265 g/mol. The van der Waals surface area contributed by atoms with Crippen molar-refractivity contribution < 1.29 is 4.42 Å². The minimum Gasteiger partial charge on any atom is -0.463 e. The molecule has 1 aromatic carbocycles. The highest BCUT2D eigenvalue weighted by Gasteiger charge is 2.11. The van der Waals surface area contributed by atoms with Crippen molar-refractivity contribution in [3.63, 3.8) is 0 Å². The molecule has 0 saturated heterocycles. The van der Waals surface area contributed by atoms with Crippen molar-refractivity contribution in [3.8, 4) is 17.1 Å². The Labute approximate surface area is 119 Å². The normalized spacial score (nSPS) is 11.2. The highest BCUT2D eigenvalue weighted by Crippen LogP contribution is 2.27. The predicted molar refractivity (Wildman–Crippen MR) is 82.3 cm³/mol. The molecule has 3 aromatic rings. The molecular weight excluding hydrogens is 246 g/mol. The summed E-state index contributed by atoms with van der Waals surface area (Å²) in [7, 11) is 0. The zero-order chi connectivity index (χ0) is 14.1. The van der Waals surface area contributed by atoms with Gasteiger partial charge in [0.2, 0.25) is 0 Å². The van der Waals surface area contributed by atoms with Gasteiger partial charge in [0.05, 0.1) is 12.0 Å². The number of benzene rings is 1. The van der Waals surface area contributed by atoms with Crippen LogP contribution in [0.15, 0.2) is 59.2 Å². The first kappa shape index (κ1) is 12.8. The van der Waals surface area contributed by atoms with Crippen LogP contribution in [0.5, 0.6) is 0 Å². The Kier molecular flexibility index (Phi) is 3.23. The first-order valence-corrected chi connectivity index (χ1v) is 6.99. The van der Waals surface area contributed by atoms with Gasteiger partial charge in [-0.25, -0.2) is 0 Å². The van der Waals surface area contributed by atoms with Crippen molar-refractivity contribution in [2.24, 2.45) is 0 Å². The second-order valence-corrected chi connectivity index (χ2v) is 5.42. The third-order valence-electron chi connectivity index (χ3n) is 3.67. The second-order valence-electron chi connectivity index (χ2n) is 5.42. The van der Waals surface area contributed by atoms with E-state index in [-0.39, 0.29) is 0 Å². The van der Waals surface area contributed by atoms with Crippen LogP contribution in [0.4, 0.5) is 0 Å². The standard InChI is InChI=1S/C18H19NO/c1-13(2)15-7-9-16(10-8-15)19-14(3)6-11-17(19)18-5-4-12-20-18/h4-13H,1-3H3. The highest BCUT2D eigenvalue weighted by molar-refractivity contribution is 5.59. The lowest BCUT2D eigenvalue weighted by Gasteiger charge is -2.12. The molecular formula is C18H19NO. The smallest absolute Gasteiger partial charge is 0.150 e. The molecule has 20 heavy (non-hydrogen) atoms. The van der Waals surface area contributed by atoms with E-state index < -0.39 is 0 Å². The van der Waals surface area contributed by atoms with E-state index in [4.69, 9.17) is 4.42 Å². The molecule has 102 valence electrons. The summed E-state index contributed by atoms with van der Waals surface area (Å²) in [5.74, 6) is 1.45. The molecule has 2 nitrogen and oxygen atoms in total. The van der Waals surface area contributed by atoms with Crippen LogP contribution >= 0.6 is 0 Å². The van der Waals surface area contributed by atoms with E-state index in [2.05, 4.69) is 61.7 Å². The maximum absolute atomic E-state index is 5.54. The van der Waals surface area contributed by atoms with E-state index in [0.29, 0.717) is 5.92 Å². The number of hydrogen-bond donors (Lipinski definition) is 0. The molecule has 0 N–H and O–H groups in total. The third kappa shape index (κ3) is 2.18. The molecule has 0 radical (unpaired) electrons. The fourth-order valence-corrected chi connectivity index (χ4v) is 2.51. The first-order valence-electron chi connectivity index (χ1n) is 6.99. The summed E-state index contributed by atoms with van der Waals surface area (Å²) < 4.78 is 7.76. The summed E-state index contributed by atoms with van der Waals surface area (Å²) in [5.41, 5.74) is 4.82. The maximum Gasteiger partial charge on any atom is 0.150 e.